The second-order valence-electron chi connectivity index (χ2n) is 9.44. The minimum Gasteiger partial charge on any atom is -0.351 e. The standard InChI is InChI=1S/C27H28ClN3O3/c1-4-5-12-30-26(33)22-21-14-16(3)19-13-15(2)6-11-20(19)31(21)24(23(22)27(30)34)25(32)29-18-9-7-17(28)8-10-18/h6-11,13-14,21-24H,4-5,12H2,1-3H3,(H,29,32)/t21-,22-,23+,24-/m0/s1. The van der Waals surface area contributed by atoms with Gasteiger partial charge in [0.1, 0.15) is 6.04 Å². The molecule has 0 spiro atoms. The van der Waals surface area contributed by atoms with Gasteiger partial charge in [-0.15, -0.1) is 0 Å². The van der Waals surface area contributed by atoms with Gasteiger partial charge in [0.25, 0.3) is 0 Å². The molecule has 2 fully saturated rings. The molecule has 2 aromatic carbocycles. The zero-order valence-electron chi connectivity index (χ0n) is 19.5. The Labute approximate surface area is 204 Å². The maximum atomic E-state index is 13.7. The SMILES string of the molecule is CCCCN1C(=O)[C@@H]2[C@@H](C1=O)[C@@H]1C=C(C)c3cc(C)ccc3N1[C@@H]2C(=O)Nc1ccc(Cl)cc1. The van der Waals surface area contributed by atoms with Crippen molar-refractivity contribution in [3.8, 4) is 0 Å². The van der Waals surface area contributed by atoms with E-state index in [2.05, 4.69) is 17.5 Å². The topological polar surface area (TPSA) is 69.7 Å². The number of hydrogen-bond donors (Lipinski definition) is 1. The van der Waals surface area contributed by atoms with Crippen molar-refractivity contribution in [2.24, 2.45) is 11.8 Å². The average molecular weight is 478 g/mol. The number of benzene rings is 2. The first kappa shape index (κ1) is 22.7. The summed E-state index contributed by atoms with van der Waals surface area (Å²) in [5.41, 5.74) is 4.70. The first-order valence-corrected chi connectivity index (χ1v) is 12.2. The minimum absolute atomic E-state index is 0.167. The molecule has 0 aromatic heterocycles. The van der Waals surface area contributed by atoms with Crippen LogP contribution in [0.3, 0.4) is 0 Å². The third-order valence-electron chi connectivity index (χ3n) is 7.21. The maximum absolute atomic E-state index is 13.7. The van der Waals surface area contributed by atoms with Crippen molar-refractivity contribution in [1.29, 1.82) is 0 Å². The van der Waals surface area contributed by atoms with Gasteiger partial charge in [-0.2, -0.15) is 0 Å². The van der Waals surface area contributed by atoms with Gasteiger partial charge in [-0.25, -0.2) is 0 Å². The second kappa shape index (κ2) is 8.58. The number of allylic oxidation sites excluding steroid dienone is 1. The second-order valence-corrected chi connectivity index (χ2v) is 9.88. The van der Waals surface area contributed by atoms with Crippen LogP contribution in [-0.2, 0) is 14.4 Å². The molecule has 2 aromatic rings. The van der Waals surface area contributed by atoms with Crippen molar-refractivity contribution in [1.82, 2.24) is 4.90 Å². The highest BCUT2D eigenvalue weighted by molar-refractivity contribution is 6.30. The Morgan fingerprint density at radius 1 is 1.03 bits per heavy atom. The molecule has 0 radical (unpaired) electrons. The Morgan fingerprint density at radius 2 is 1.74 bits per heavy atom. The lowest BCUT2D eigenvalue weighted by Crippen LogP contribution is -2.50. The molecule has 0 unspecified atom stereocenters. The molecule has 3 amide bonds. The number of anilines is 2. The molecule has 0 bridgehead atoms. The number of imide groups is 1. The Balaban J connectivity index is 1.59. The van der Waals surface area contributed by atoms with Gasteiger partial charge in [0.15, 0.2) is 0 Å². The summed E-state index contributed by atoms with van der Waals surface area (Å²) in [5.74, 6) is -2.00. The number of amides is 3. The smallest absolute Gasteiger partial charge is 0.247 e. The molecule has 2 saturated heterocycles. The van der Waals surface area contributed by atoms with Crippen molar-refractivity contribution in [2.75, 3.05) is 16.8 Å². The number of rotatable bonds is 5. The van der Waals surface area contributed by atoms with Crippen LogP contribution < -0.4 is 10.2 Å². The highest BCUT2D eigenvalue weighted by Gasteiger charge is 2.64. The Bertz CT molecular complexity index is 1210. The van der Waals surface area contributed by atoms with Crippen molar-refractivity contribution in [2.45, 2.75) is 45.7 Å². The van der Waals surface area contributed by atoms with Gasteiger partial charge in [-0.1, -0.05) is 42.7 Å². The first-order valence-electron chi connectivity index (χ1n) is 11.8. The summed E-state index contributed by atoms with van der Waals surface area (Å²) in [6, 6.07) is 11.8. The van der Waals surface area contributed by atoms with E-state index in [0.717, 1.165) is 35.2 Å². The van der Waals surface area contributed by atoms with Gasteiger partial charge in [-0.3, -0.25) is 19.3 Å². The van der Waals surface area contributed by atoms with E-state index in [1.807, 2.05) is 37.8 Å². The van der Waals surface area contributed by atoms with E-state index in [9.17, 15) is 14.4 Å². The molecular formula is C27H28ClN3O3. The monoisotopic (exact) mass is 477 g/mol. The van der Waals surface area contributed by atoms with Crippen LogP contribution >= 0.6 is 11.6 Å². The molecule has 5 rings (SSSR count). The molecule has 3 heterocycles. The summed E-state index contributed by atoms with van der Waals surface area (Å²) in [6.45, 7) is 6.49. The van der Waals surface area contributed by atoms with E-state index in [1.165, 1.54) is 4.90 Å². The molecule has 176 valence electrons. The van der Waals surface area contributed by atoms with Crippen LogP contribution in [-0.4, -0.2) is 41.2 Å². The van der Waals surface area contributed by atoms with Crippen LogP contribution in [0.1, 0.15) is 37.8 Å². The third kappa shape index (κ3) is 3.52. The zero-order chi connectivity index (χ0) is 24.1. The molecule has 0 aliphatic carbocycles. The molecule has 34 heavy (non-hydrogen) atoms. The fraction of sp³-hybridized carbons (Fsp3) is 0.370. The minimum atomic E-state index is -0.792. The normalized spacial score (nSPS) is 25.1. The lowest BCUT2D eigenvalue weighted by Gasteiger charge is -2.38. The van der Waals surface area contributed by atoms with E-state index in [0.29, 0.717) is 17.3 Å². The van der Waals surface area contributed by atoms with Gasteiger partial charge in [0, 0.05) is 28.5 Å². The molecule has 0 saturated carbocycles. The van der Waals surface area contributed by atoms with Crippen molar-refractivity contribution in [3.05, 3.63) is 64.7 Å². The zero-order valence-corrected chi connectivity index (χ0v) is 20.3. The number of halogens is 1. The van der Waals surface area contributed by atoms with E-state index >= 15 is 0 Å². The van der Waals surface area contributed by atoms with Gasteiger partial charge < -0.3 is 10.2 Å². The molecule has 1 N–H and O–H groups in total. The number of fused-ring (bicyclic) bond motifs is 5. The van der Waals surface area contributed by atoms with E-state index in [1.54, 1.807) is 24.3 Å². The molecule has 6 nitrogen and oxygen atoms in total. The number of likely N-dealkylation sites (tertiary alicyclic amines) is 1. The fourth-order valence-electron chi connectivity index (χ4n) is 5.60. The van der Waals surface area contributed by atoms with Gasteiger partial charge >= 0.3 is 0 Å². The van der Waals surface area contributed by atoms with Gasteiger partial charge in [-0.05, 0) is 62.2 Å². The summed E-state index contributed by atoms with van der Waals surface area (Å²) < 4.78 is 0. The van der Waals surface area contributed by atoms with Crippen molar-refractivity contribution in [3.63, 3.8) is 0 Å². The van der Waals surface area contributed by atoms with E-state index in [-0.39, 0.29) is 23.8 Å². The lowest BCUT2D eigenvalue weighted by molar-refractivity contribution is -0.141. The summed E-state index contributed by atoms with van der Waals surface area (Å²) in [4.78, 5) is 44.2. The highest BCUT2D eigenvalue weighted by Crippen LogP contribution is 2.50. The van der Waals surface area contributed by atoms with Crippen LogP contribution in [0.2, 0.25) is 5.02 Å². The summed E-state index contributed by atoms with van der Waals surface area (Å²) >= 11 is 6.00. The number of carbonyl (C=O) groups excluding carboxylic acids is 3. The highest BCUT2D eigenvalue weighted by atomic mass is 35.5. The van der Waals surface area contributed by atoms with E-state index < -0.39 is 17.9 Å². The van der Waals surface area contributed by atoms with Crippen LogP contribution in [0.5, 0.6) is 0 Å². The lowest BCUT2D eigenvalue weighted by atomic mass is 9.87. The molecular weight excluding hydrogens is 450 g/mol. The van der Waals surface area contributed by atoms with Crippen LogP contribution in [0.15, 0.2) is 48.5 Å². The number of carbonyl (C=O) groups is 3. The van der Waals surface area contributed by atoms with Crippen LogP contribution in [0, 0.1) is 18.8 Å². The Morgan fingerprint density at radius 3 is 2.44 bits per heavy atom. The number of unbranched alkanes of at least 4 members (excludes halogenated alkanes) is 1. The summed E-state index contributed by atoms with van der Waals surface area (Å²) in [7, 11) is 0. The predicted octanol–water partition coefficient (Wildman–Crippen LogP) is 4.66. The predicted molar refractivity (Wildman–Crippen MR) is 134 cm³/mol. The Kier molecular flexibility index (Phi) is 5.72. The molecule has 4 atom stereocenters. The van der Waals surface area contributed by atoms with E-state index in [4.69, 9.17) is 11.6 Å². The number of nitrogens with one attached hydrogen (secondary N) is 1. The molecule has 3 aliphatic rings. The number of aryl methyl sites for hydroxylation is 1. The largest absolute Gasteiger partial charge is 0.351 e. The molecule has 3 aliphatic heterocycles. The van der Waals surface area contributed by atoms with Gasteiger partial charge in [0.05, 0.1) is 17.9 Å². The fourth-order valence-corrected chi connectivity index (χ4v) is 5.73. The van der Waals surface area contributed by atoms with Crippen LogP contribution in [0.4, 0.5) is 11.4 Å². The van der Waals surface area contributed by atoms with Crippen molar-refractivity contribution >= 4 is 46.3 Å². The Hall–Kier alpha value is -3.12. The third-order valence-corrected chi connectivity index (χ3v) is 7.46. The van der Waals surface area contributed by atoms with Crippen LogP contribution in [0.25, 0.3) is 5.57 Å². The molecule has 7 heteroatoms. The number of nitrogens with zero attached hydrogens (tertiary/aromatic N) is 2. The maximum Gasteiger partial charge on any atom is 0.247 e. The number of hydrogen-bond acceptors (Lipinski definition) is 4. The summed E-state index contributed by atoms with van der Waals surface area (Å²) in [6.07, 6.45) is 3.70. The first-order chi connectivity index (χ1) is 16.3. The quantitative estimate of drug-likeness (QED) is 0.636. The average Bonchev–Trinajstić information content (AvgIpc) is 3.27. The van der Waals surface area contributed by atoms with Crippen molar-refractivity contribution < 1.29 is 14.4 Å². The van der Waals surface area contributed by atoms with Gasteiger partial charge in [0.2, 0.25) is 17.7 Å². The summed E-state index contributed by atoms with van der Waals surface area (Å²) in [5, 5.41) is 3.53.